The van der Waals surface area contributed by atoms with Crippen LogP contribution in [0, 0.1) is 6.92 Å². The van der Waals surface area contributed by atoms with Gasteiger partial charge in [0.2, 0.25) is 10.0 Å². The molecule has 0 bridgehead atoms. The van der Waals surface area contributed by atoms with E-state index in [2.05, 4.69) is 0 Å². The van der Waals surface area contributed by atoms with Crippen LogP contribution in [0.2, 0.25) is 0 Å². The van der Waals surface area contributed by atoms with Crippen molar-refractivity contribution in [3.63, 3.8) is 0 Å². The molecular formula is C14H19NO4S. The van der Waals surface area contributed by atoms with Gasteiger partial charge in [-0.15, -0.1) is 0 Å². The van der Waals surface area contributed by atoms with E-state index in [1.54, 1.807) is 25.1 Å². The number of rotatable bonds is 3. The molecule has 5 nitrogen and oxygen atoms in total. The number of nitrogens with zero attached hydrogens (tertiary/aromatic N) is 1. The van der Waals surface area contributed by atoms with Gasteiger partial charge in [0.1, 0.15) is 0 Å². The predicted octanol–water partition coefficient (Wildman–Crippen LogP) is 2.10. The lowest BCUT2D eigenvalue weighted by Gasteiger charge is -2.29. The number of anilines is 1. The Kier molecular flexibility index (Phi) is 4.32. The number of benzene rings is 1. The first kappa shape index (κ1) is 14.8. The molecule has 0 aromatic heterocycles. The fourth-order valence-corrected chi connectivity index (χ4v) is 3.97. The maximum atomic E-state index is 12.2. The van der Waals surface area contributed by atoms with Crippen molar-refractivity contribution in [2.24, 2.45) is 0 Å². The SMILES string of the molecule is CCOC(=O)c1ccc(C)c(N2CCCCS2(=O)=O)c1. The van der Waals surface area contributed by atoms with Gasteiger partial charge in [-0.25, -0.2) is 13.2 Å². The summed E-state index contributed by atoms with van der Waals surface area (Å²) in [4.78, 5) is 11.8. The van der Waals surface area contributed by atoms with E-state index in [1.807, 2.05) is 6.92 Å². The Hall–Kier alpha value is -1.56. The smallest absolute Gasteiger partial charge is 0.338 e. The van der Waals surface area contributed by atoms with Gasteiger partial charge in [0.05, 0.1) is 23.6 Å². The van der Waals surface area contributed by atoms with Crippen LogP contribution in [0.4, 0.5) is 5.69 Å². The van der Waals surface area contributed by atoms with E-state index in [0.717, 1.165) is 12.0 Å². The van der Waals surface area contributed by atoms with Gasteiger partial charge in [0, 0.05) is 6.54 Å². The molecule has 1 aliphatic heterocycles. The lowest BCUT2D eigenvalue weighted by molar-refractivity contribution is 0.0526. The molecule has 1 aliphatic rings. The van der Waals surface area contributed by atoms with E-state index < -0.39 is 16.0 Å². The average molecular weight is 297 g/mol. The molecule has 0 N–H and O–H groups in total. The van der Waals surface area contributed by atoms with Crippen molar-refractivity contribution in [2.75, 3.05) is 23.2 Å². The lowest BCUT2D eigenvalue weighted by Crippen LogP contribution is -2.38. The van der Waals surface area contributed by atoms with Crippen LogP contribution in [0.25, 0.3) is 0 Å². The fraction of sp³-hybridized carbons (Fsp3) is 0.500. The zero-order chi connectivity index (χ0) is 14.8. The third-order valence-electron chi connectivity index (χ3n) is 3.34. The summed E-state index contributed by atoms with van der Waals surface area (Å²) in [5, 5.41) is 0. The minimum atomic E-state index is -3.27. The zero-order valence-electron chi connectivity index (χ0n) is 11.8. The third-order valence-corrected chi connectivity index (χ3v) is 5.19. The highest BCUT2D eigenvalue weighted by atomic mass is 32.2. The van der Waals surface area contributed by atoms with Crippen LogP contribution in [0.15, 0.2) is 18.2 Å². The maximum absolute atomic E-state index is 12.2. The van der Waals surface area contributed by atoms with Crippen molar-refractivity contribution < 1.29 is 17.9 Å². The first-order chi connectivity index (χ1) is 9.45. The van der Waals surface area contributed by atoms with Crippen LogP contribution in [-0.2, 0) is 14.8 Å². The quantitative estimate of drug-likeness (QED) is 0.802. The van der Waals surface area contributed by atoms with Crippen molar-refractivity contribution >= 4 is 21.7 Å². The second kappa shape index (κ2) is 5.83. The number of esters is 1. The molecule has 0 atom stereocenters. The molecular weight excluding hydrogens is 278 g/mol. The van der Waals surface area contributed by atoms with Crippen molar-refractivity contribution in [3.05, 3.63) is 29.3 Å². The minimum Gasteiger partial charge on any atom is -0.462 e. The van der Waals surface area contributed by atoms with Crippen molar-refractivity contribution in [1.82, 2.24) is 0 Å². The summed E-state index contributed by atoms with van der Waals surface area (Å²) in [5.41, 5.74) is 1.80. The Labute approximate surface area is 119 Å². The number of hydrogen-bond acceptors (Lipinski definition) is 4. The maximum Gasteiger partial charge on any atom is 0.338 e. The number of ether oxygens (including phenoxy) is 1. The van der Waals surface area contributed by atoms with Gasteiger partial charge in [-0.05, 0) is 44.4 Å². The average Bonchev–Trinajstić information content (AvgIpc) is 2.39. The molecule has 0 saturated carbocycles. The molecule has 1 heterocycles. The molecule has 0 radical (unpaired) electrons. The molecule has 2 rings (SSSR count). The second-order valence-electron chi connectivity index (χ2n) is 4.82. The van der Waals surface area contributed by atoms with Crippen LogP contribution >= 0.6 is 0 Å². The molecule has 1 saturated heterocycles. The van der Waals surface area contributed by atoms with Gasteiger partial charge in [-0.3, -0.25) is 4.31 Å². The highest BCUT2D eigenvalue weighted by Crippen LogP contribution is 2.28. The Morgan fingerprint density at radius 2 is 2.10 bits per heavy atom. The van der Waals surface area contributed by atoms with Crippen LogP contribution in [0.5, 0.6) is 0 Å². The van der Waals surface area contributed by atoms with Crippen LogP contribution in [0.1, 0.15) is 35.7 Å². The normalized spacial score (nSPS) is 17.8. The fourth-order valence-electron chi connectivity index (χ4n) is 2.28. The van der Waals surface area contributed by atoms with Gasteiger partial charge < -0.3 is 4.74 Å². The third kappa shape index (κ3) is 2.95. The van der Waals surface area contributed by atoms with Crippen molar-refractivity contribution in [3.8, 4) is 0 Å². The van der Waals surface area contributed by atoms with Crippen molar-refractivity contribution in [1.29, 1.82) is 0 Å². The molecule has 0 amide bonds. The summed E-state index contributed by atoms with van der Waals surface area (Å²) < 4.78 is 30.7. The molecule has 0 unspecified atom stereocenters. The first-order valence-corrected chi connectivity index (χ1v) is 8.35. The molecule has 1 aromatic carbocycles. The minimum absolute atomic E-state index is 0.163. The Morgan fingerprint density at radius 3 is 2.75 bits per heavy atom. The summed E-state index contributed by atoms with van der Waals surface area (Å²) in [6.45, 7) is 4.34. The Bertz CT molecular complexity index is 610. The van der Waals surface area contributed by atoms with Gasteiger partial charge in [0.15, 0.2) is 0 Å². The second-order valence-corrected chi connectivity index (χ2v) is 6.83. The van der Waals surface area contributed by atoms with Crippen molar-refractivity contribution in [2.45, 2.75) is 26.7 Å². The summed E-state index contributed by atoms with van der Waals surface area (Å²) in [7, 11) is -3.27. The van der Waals surface area contributed by atoms with Gasteiger partial charge in [-0.2, -0.15) is 0 Å². The van der Waals surface area contributed by atoms with Gasteiger partial charge in [-0.1, -0.05) is 6.07 Å². The molecule has 0 aliphatic carbocycles. The number of sulfonamides is 1. The standard InChI is InChI=1S/C14H19NO4S/c1-3-19-14(16)12-7-6-11(2)13(10-12)15-8-4-5-9-20(15,17)18/h6-7,10H,3-5,8-9H2,1-2H3. The lowest BCUT2D eigenvalue weighted by atomic mass is 10.1. The number of carbonyl (C=O) groups is 1. The topological polar surface area (TPSA) is 63.7 Å². The van der Waals surface area contributed by atoms with E-state index in [4.69, 9.17) is 4.74 Å². The Balaban J connectivity index is 2.40. The largest absolute Gasteiger partial charge is 0.462 e. The molecule has 6 heteroatoms. The van der Waals surface area contributed by atoms with E-state index in [0.29, 0.717) is 30.8 Å². The molecule has 20 heavy (non-hydrogen) atoms. The number of aryl methyl sites for hydroxylation is 1. The highest BCUT2D eigenvalue weighted by Gasteiger charge is 2.27. The number of carbonyl (C=O) groups excluding carboxylic acids is 1. The summed E-state index contributed by atoms with van der Waals surface area (Å²) in [6.07, 6.45) is 1.53. The van der Waals surface area contributed by atoms with Crippen LogP contribution in [0.3, 0.4) is 0 Å². The van der Waals surface area contributed by atoms with Crippen LogP contribution < -0.4 is 4.31 Å². The monoisotopic (exact) mass is 297 g/mol. The van der Waals surface area contributed by atoms with E-state index >= 15 is 0 Å². The van der Waals surface area contributed by atoms with E-state index in [1.165, 1.54) is 4.31 Å². The summed E-state index contributed by atoms with van der Waals surface area (Å²) >= 11 is 0. The highest BCUT2D eigenvalue weighted by molar-refractivity contribution is 7.92. The van der Waals surface area contributed by atoms with Crippen LogP contribution in [-0.4, -0.2) is 33.3 Å². The van der Waals surface area contributed by atoms with Gasteiger partial charge >= 0.3 is 5.97 Å². The molecule has 1 aromatic rings. The zero-order valence-corrected chi connectivity index (χ0v) is 12.6. The molecule has 0 spiro atoms. The molecule has 1 fully saturated rings. The predicted molar refractivity (Wildman–Crippen MR) is 77.5 cm³/mol. The van der Waals surface area contributed by atoms with Gasteiger partial charge in [0.25, 0.3) is 0 Å². The van der Waals surface area contributed by atoms with E-state index in [-0.39, 0.29) is 5.75 Å². The first-order valence-electron chi connectivity index (χ1n) is 6.74. The summed E-state index contributed by atoms with van der Waals surface area (Å²) in [6, 6.07) is 5.02. The number of hydrogen-bond donors (Lipinski definition) is 0. The summed E-state index contributed by atoms with van der Waals surface area (Å²) in [5.74, 6) is -0.265. The molecule has 110 valence electrons. The van der Waals surface area contributed by atoms with E-state index in [9.17, 15) is 13.2 Å². The Morgan fingerprint density at radius 1 is 1.35 bits per heavy atom.